The molecule has 0 aromatic carbocycles. The molecule has 0 bridgehead atoms. The third-order valence-electron chi connectivity index (χ3n) is 3.10. The van der Waals surface area contributed by atoms with Gasteiger partial charge in [-0.05, 0) is 6.92 Å². The van der Waals surface area contributed by atoms with Crippen LogP contribution in [0.15, 0.2) is 0 Å². The highest BCUT2D eigenvalue weighted by Crippen LogP contribution is 2.47. The van der Waals surface area contributed by atoms with Crippen LogP contribution < -0.4 is 0 Å². The van der Waals surface area contributed by atoms with Crippen LogP contribution in [0.4, 0.5) is 0 Å². The van der Waals surface area contributed by atoms with Crippen molar-refractivity contribution in [3.8, 4) is 0 Å². The SMILES string of the molecule is CC(=O)C(C(=O)O)([Si](C)(C)C)[Si](C)(C)C. The Labute approximate surface area is 93.9 Å². The van der Waals surface area contributed by atoms with E-state index in [0.29, 0.717) is 0 Å². The Balaban J connectivity index is 5.97. The van der Waals surface area contributed by atoms with Crippen molar-refractivity contribution in [2.45, 2.75) is 50.9 Å². The number of aliphatic carboxylic acids is 1. The molecule has 0 heterocycles. The molecule has 0 amide bonds. The van der Waals surface area contributed by atoms with E-state index < -0.39 is 26.8 Å². The maximum Gasteiger partial charge on any atom is 0.311 e. The summed E-state index contributed by atoms with van der Waals surface area (Å²) in [6, 6.07) is 0. The number of carbonyl (C=O) groups excluding carboxylic acids is 1. The van der Waals surface area contributed by atoms with E-state index in [1.54, 1.807) is 0 Å². The van der Waals surface area contributed by atoms with Gasteiger partial charge >= 0.3 is 5.97 Å². The van der Waals surface area contributed by atoms with Crippen LogP contribution in [0, 0.1) is 0 Å². The third kappa shape index (κ3) is 2.08. The first-order valence-corrected chi connectivity index (χ1v) is 12.1. The molecule has 0 rings (SSSR count). The Morgan fingerprint density at radius 2 is 1.20 bits per heavy atom. The highest BCUT2D eigenvalue weighted by molar-refractivity contribution is 7.06. The zero-order valence-electron chi connectivity index (χ0n) is 10.8. The summed E-state index contributed by atoms with van der Waals surface area (Å²) >= 11 is 0. The van der Waals surface area contributed by atoms with Crippen LogP contribution in [0.2, 0.25) is 43.9 Å². The zero-order chi connectivity index (χ0) is 12.7. The van der Waals surface area contributed by atoms with Crippen LogP contribution in [0.3, 0.4) is 0 Å². The summed E-state index contributed by atoms with van der Waals surface area (Å²) in [5.74, 6) is -1.07. The fourth-order valence-corrected chi connectivity index (χ4v) is 15.4. The molecule has 0 unspecified atom stereocenters. The molecule has 0 spiro atoms. The largest absolute Gasteiger partial charge is 0.481 e. The summed E-state index contributed by atoms with van der Waals surface area (Å²) in [5, 5.41) is 9.51. The highest BCUT2D eigenvalue weighted by Gasteiger charge is 2.61. The number of rotatable bonds is 4. The van der Waals surface area contributed by atoms with E-state index in [9.17, 15) is 14.7 Å². The van der Waals surface area contributed by atoms with Crippen LogP contribution in [0.1, 0.15) is 6.92 Å². The van der Waals surface area contributed by atoms with Gasteiger partial charge in [-0.25, -0.2) is 0 Å². The minimum atomic E-state index is -2.09. The second-order valence-electron chi connectivity index (χ2n) is 6.11. The van der Waals surface area contributed by atoms with Gasteiger partial charge in [0.1, 0.15) is 10.4 Å². The van der Waals surface area contributed by atoms with Gasteiger partial charge in [0.15, 0.2) is 0 Å². The molecule has 0 saturated carbocycles. The maximum absolute atomic E-state index is 11.9. The molecule has 15 heavy (non-hydrogen) atoms. The predicted molar refractivity (Wildman–Crippen MR) is 67.7 cm³/mol. The van der Waals surface area contributed by atoms with Crippen LogP contribution in [0.5, 0.6) is 0 Å². The van der Waals surface area contributed by atoms with Crippen molar-refractivity contribution in [2.24, 2.45) is 0 Å². The molecule has 5 heteroatoms. The van der Waals surface area contributed by atoms with Gasteiger partial charge in [0.2, 0.25) is 0 Å². The van der Waals surface area contributed by atoms with Crippen molar-refractivity contribution >= 4 is 27.9 Å². The number of hydrogen-bond acceptors (Lipinski definition) is 2. The highest BCUT2D eigenvalue weighted by atomic mass is 28.4. The minimum absolute atomic E-state index is 0.159. The van der Waals surface area contributed by atoms with Gasteiger partial charge in [-0.15, -0.1) is 0 Å². The molecule has 0 aliphatic carbocycles. The summed E-state index contributed by atoms with van der Waals surface area (Å²) < 4.78 is -1.07. The molecular weight excluding hydrogens is 224 g/mol. The zero-order valence-corrected chi connectivity index (χ0v) is 12.8. The van der Waals surface area contributed by atoms with Gasteiger partial charge in [0.05, 0.1) is 16.1 Å². The van der Waals surface area contributed by atoms with Gasteiger partial charge in [0.25, 0.3) is 0 Å². The number of Topliss-reactive ketones (excluding diaryl/α,β-unsaturated/α-hetero) is 1. The second kappa shape index (κ2) is 3.86. The maximum atomic E-state index is 11.9. The first-order valence-electron chi connectivity index (χ1n) is 5.13. The lowest BCUT2D eigenvalue weighted by molar-refractivity contribution is -0.141. The Kier molecular flexibility index (Phi) is 3.75. The Bertz CT molecular complexity index is 254. The van der Waals surface area contributed by atoms with Crippen LogP contribution in [0.25, 0.3) is 0 Å². The van der Waals surface area contributed by atoms with Gasteiger partial charge in [0, 0.05) is 0 Å². The lowest BCUT2D eigenvalue weighted by atomic mass is 10.3. The van der Waals surface area contributed by atoms with E-state index in [1.807, 2.05) is 39.3 Å². The van der Waals surface area contributed by atoms with E-state index in [1.165, 1.54) is 6.92 Å². The molecular formula is C10H22O3Si2. The third-order valence-corrected chi connectivity index (χ3v) is 13.2. The summed E-state index contributed by atoms with van der Waals surface area (Å²) in [5.41, 5.74) is 0. The van der Waals surface area contributed by atoms with E-state index in [4.69, 9.17) is 0 Å². The van der Waals surface area contributed by atoms with Crippen LogP contribution in [-0.4, -0.2) is 33.0 Å². The Morgan fingerprint density at radius 3 is 1.20 bits per heavy atom. The molecule has 0 aliphatic heterocycles. The van der Waals surface area contributed by atoms with Gasteiger partial charge in [-0.3, -0.25) is 9.59 Å². The lowest BCUT2D eigenvalue weighted by Crippen LogP contribution is -2.62. The summed E-state index contributed by atoms with van der Waals surface area (Å²) in [7, 11) is -4.17. The van der Waals surface area contributed by atoms with Crippen molar-refractivity contribution in [1.82, 2.24) is 0 Å². The van der Waals surface area contributed by atoms with Crippen molar-refractivity contribution in [2.75, 3.05) is 0 Å². The van der Waals surface area contributed by atoms with E-state index >= 15 is 0 Å². The average Bonchev–Trinajstić information content (AvgIpc) is 1.75. The second-order valence-corrected chi connectivity index (χ2v) is 17.1. The number of hydrogen-bond donors (Lipinski definition) is 1. The van der Waals surface area contributed by atoms with Crippen molar-refractivity contribution in [1.29, 1.82) is 0 Å². The molecule has 0 aromatic rings. The van der Waals surface area contributed by atoms with Crippen LogP contribution in [-0.2, 0) is 9.59 Å². The number of ketones is 1. The molecule has 0 aromatic heterocycles. The summed E-state index contributed by atoms with van der Waals surface area (Å²) in [6.07, 6.45) is 0. The smallest absolute Gasteiger partial charge is 0.311 e. The van der Waals surface area contributed by atoms with Gasteiger partial charge in [-0.1, -0.05) is 39.3 Å². The fraction of sp³-hybridized carbons (Fsp3) is 0.800. The first kappa shape index (κ1) is 14.6. The van der Waals surface area contributed by atoms with E-state index in [-0.39, 0.29) is 5.78 Å². The van der Waals surface area contributed by atoms with Crippen molar-refractivity contribution in [3.05, 3.63) is 0 Å². The standard InChI is InChI=1S/C10H22O3Si2/c1-8(11)10(9(12)13,14(2,3)4)15(5,6)7/h1-7H3,(H,12,13). The van der Waals surface area contributed by atoms with E-state index in [2.05, 4.69) is 0 Å². The molecule has 0 saturated heterocycles. The monoisotopic (exact) mass is 246 g/mol. The quantitative estimate of drug-likeness (QED) is 0.613. The Morgan fingerprint density at radius 1 is 0.933 bits per heavy atom. The number of carbonyl (C=O) groups is 2. The topological polar surface area (TPSA) is 54.4 Å². The van der Waals surface area contributed by atoms with Gasteiger partial charge < -0.3 is 5.11 Å². The predicted octanol–water partition coefficient (Wildman–Crippen LogP) is 2.62. The van der Waals surface area contributed by atoms with Crippen molar-refractivity contribution in [3.63, 3.8) is 0 Å². The summed E-state index contributed by atoms with van der Waals surface area (Å²) in [6.45, 7) is 13.3. The average molecular weight is 246 g/mol. The number of carboxylic acid groups (broad SMARTS) is 1. The molecule has 0 aliphatic rings. The molecule has 0 atom stereocenters. The minimum Gasteiger partial charge on any atom is -0.481 e. The van der Waals surface area contributed by atoms with E-state index in [0.717, 1.165) is 0 Å². The molecule has 88 valence electrons. The van der Waals surface area contributed by atoms with Gasteiger partial charge in [-0.2, -0.15) is 0 Å². The fourth-order valence-electron chi connectivity index (χ4n) is 2.97. The molecule has 0 radical (unpaired) electrons. The van der Waals surface area contributed by atoms with Crippen LogP contribution >= 0.6 is 0 Å². The van der Waals surface area contributed by atoms with Crippen molar-refractivity contribution < 1.29 is 14.7 Å². The first-order chi connectivity index (χ1) is 6.39. The number of carboxylic acids is 1. The normalized spacial score (nSPS) is 13.8. The lowest BCUT2D eigenvalue weighted by Gasteiger charge is -2.46. The molecule has 3 nitrogen and oxygen atoms in total. The molecule has 1 N–H and O–H groups in total. The Hall–Kier alpha value is -0.426. The molecule has 0 fully saturated rings. The summed E-state index contributed by atoms with van der Waals surface area (Å²) in [4.78, 5) is 23.5.